The Hall–Kier alpha value is -0.160. The number of nitrogens with zero attached hydrogens (tertiary/aromatic N) is 3. The number of thiol groups is 1. The number of hydrogen-bond acceptors (Lipinski definition) is 4. The topological polar surface area (TPSA) is 30.7 Å². The zero-order chi connectivity index (χ0) is 9.90. The van der Waals surface area contributed by atoms with Crippen molar-refractivity contribution in [2.75, 3.05) is 11.5 Å². The van der Waals surface area contributed by atoms with Gasteiger partial charge in [0.15, 0.2) is 5.16 Å². The molecule has 0 spiro atoms. The van der Waals surface area contributed by atoms with Gasteiger partial charge in [0.25, 0.3) is 0 Å². The highest BCUT2D eigenvalue weighted by atomic mass is 32.2. The monoisotopic (exact) mass is 217 g/mol. The highest BCUT2D eigenvalue weighted by molar-refractivity contribution is 7.99. The second-order valence-corrected chi connectivity index (χ2v) is 5.09. The Labute approximate surface area is 88.7 Å². The third-order valence-electron chi connectivity index (χ3n) is 1.69. The van der Waals surface area contributed by atoms with Crippen molar-refractivity contribution in [3.8, 4) is 0 Å². The Morgan fingerprint density at radius 1 is 1.62 bits per heavy atom. The van der Waals surface area contributed by atoms with Gasteiger partial charge >= 0.3 is 0 Å². The molecule has 1 aromatic rings. The lowest BCUT2D eigenvalue weighted by atomic mass is 10.0. The molecule has 0 saturated heterocycles. The SMILES string of the molecule is Cn1cnnc1SCC(C)(C)CS. The van der Waals surface area contributed by atoms with E-state index in [1.807, 2.05) is 11.6 Å². The summed E-state index contributed by atoms with van der Waals surface area (Å²) in [5.41, 5.74) is 0.250. The molecule has 1 heterocycles. The van der Waals surface area contributed by atoms with Crippen LogP contribution in [-0.4, -0.2) is 26.3 Å². The summed E-state index contributed by atoms with van der Waals surface area (Å²) in [5, 5.41) is 8.79. The standard InChI is InChI=1S/C8H15N3S2/c1-8(2,4-12)5-13-7-10-9-6-11(7)3/h6,12H,4-5H2,1-3H3. The largest absolute Gasteiger partial charge is 0.312 e. The molecule has 0 fully saturated rings. The van der Waals surface area contributed by atoms with Crippen molar-refractivity contribution in [2.45, 2.75) is 19.0 Å². The first kappa shape index (κ1) is 10.9. The molecule has 0 radical (unpaired) electrons. The molecule has 0 aromatic carbocycles. The van der Waals surface area contributed by atoms with Gasteiger partial charge in [-0.3, -0.25) is 0 Å². The second-order valence-electron chi connectivity index (χ2n) is 3.84. The molecule has 0 N–H and O–H groups in total. The van der Waals surface area contributed by atoms with E-state index < -0.39 is 0 Å². The first-order valence-corrected chi connectivity index (χ1v) is 5.75. The fourth-order valence-electron chi connectivity index (χ4n) is 0.709. The van der Waals surface area contributed by atoms with E-state index in [4.69, 9.17) is 0 Å². The van der Waals surface area contributed by atoms with E-state index in [1.165, 1.54) is 0 Å². The minimum absolute atomic E-state index is 0.250. The van der Waals surface area contributed by atoms with Crippen molar-refractivity contribution in [3.05, 3.63) is 6.33 Å². The lowest BCUT2D eigenvalue weighted by Crippen LogP contribution is -2.16. The Kier molecular flexibility index (Phi) is 3.67. The van der Waals surface area contributed by atoms with Gasteiger partial charge in [0.1, 0.15) is 6.33 Å². The van der Waals surface area contributed by atoms with E-state index in [2.05, 4.69) is 36.7 Å². The molecular weight excluding hydrogens is 202 g/mol. The molecule has 74 valence electrons. The maximum atomic E-state index is 4.30. The van der Waals surface area contributed by atoms with Crippen molar-refractivity contribution in [3.63, 3.8) is 0 Å². The average Bonchev–Trinajstić information content (AvgIpc) is 2.48. The summed E-state index contributed by atoms with van der Waals surface area (Å²) in [7, 11) is 1.95. The van der Waals surface area contributed by atoms with Gasteiger partial charge in [-0.05, 0) is 11.2 Å². The van der Waals surface area contributed by atoms with Crippen LogP contribution in [-0.2, 0) is 7.05 Å². The van der Waals surface area contributed by atoms with Crippen LogP contribution in [0.5, 0.6) is 0 Å². The molecule has 0 atom stereocenters. The van der Waals surface area contributed by atoms with Crippen LogP contribution in [0, 0.1) is 5.41 Å². The smallest absolute Gasteiger partial charge is 0.190 e. The van der Waals surface area contributed by atoms with Crippen molar-refractivity contribution >= 4 is 24.4 Å². The second kappa shape index (κ2) is 4.37. The summed E-state index contributed by atoms with van der Waals surface area (Å²) < 4.78 is 1.93. The summed E-state index contributed by atoms with van der Waals surface area (Å²) >= 11 is 6.03. The summed E-state index contributed by atoms with van der Waals surface area (Å²) in [5.74, 6) is 1.90. The van der Waals surface area contributed by atoms with Crippen LogP contribution in [0.3, 0.4) is 0 Å². The van der Waals surface area contributed by atoms with Crippen molar-refractivity contribution in [1.29, 1.82) is 0 Å². The van der Waals surface area contributed by atoms with E-state index in [0.717, 1.165) is 16.7 Å². The molecule has 0 bridgehead atoms. The van der Waals surface area contributed by atoms with Crippen molar-refractivity contribution < 1.29 is 0 Å². The van der Waals surface area contributed by atoms with Gasteiger partial charge in [-0.15, -0.1) is 10.2 Å². The van der Waals surface area contributed by atoms with Gasteiger partial charge in [-0.1, -0.05) is 25.6 Å². The van der Waals surface area contributed by atoms with E-state index in [1.54, 1.807) is 18.1 Å². The van der Waals surface area contributed by atoms with Crippen LogP contribution in [0.4, 0.5) is 0 Å². The zero-order valence-corrected chi connectivity index (χ0v) is 9.90. The number of thioether (sulfide) groups is 1. The Balaban J connectivity index is 2.48. The molecule has 13 heavy (non-hydrogen) atoms. The van der Waals surface area contributed by atoms with E-state index >= 15 is 0 Å². The average molecular weight is 217 g/mol. The molecule has 0 saturated carbocycles. The Morgan fingerprint density at radius 3 is 2.77 bits per heavy atom. The van der Waals surface area contributed by atoms with Crippen molar-refractivity contribution in [2.24, 2.45) is 12.5 Å². The first-order valence-electron chi connectivity index (χ1n) is 4.13. The molecule has 0 aliphatic heterocycles. The highest BCUT2D eigenvalue weighted by Crippen LogP contribution is 2.26. The van der Waals surface area contributed by atoms with Crippen LogP contribution < -0.4 is 0 Å². The third-order valence-corrected chi connectivity index (χ3v) is 4.10. The predicted octanol–water partition coefficient (Wildman–Crippen LogP) is 1.86. The Bertz CT molecular complexity index is 270. The number of rotatable bonds is 4. The molecule has 0 amide bonds. The summed E-state index contributed by atoms with van der Waals surface area (Å²) in [6.45, 7) is 4.40. The Morgan fingerprint density at radius 2 is 2.31 bits per heavy atom. The van der Waals surface area contributed by atoms with Gasteiger partial charge in [0, 0.05) is 12.8 Å². The predicted molar refractivity (Wildman–Crippen MR) is 59.4 cm³/mol. The normalized spacial score (nSPS) is 12.0. The van der Waals surface area contributed by atoms with Crippen LogP contribution >= 0.6 is 24.4 Å². The summed E-state index contributed by atoms with van der Waals surface area (Å²) in [6, 6.07) is 0. The first-order chi connectivity index (χ1) is 6.05. The van der Waals surface area contributed by atoms with Gasteiger partial charge in [-0.25, -0.2) is 0 Å². The lowest BCUT2D eigenvalue weighted by Gasteiger charge is -2.20. The molecular formula is C8H15N3S2. The maximum absolute atomic E-state index is 4.30. The molecule has 1 rings (SSSR count). The summed E-state index contributed by atoms with van der Waals surface area (Å²) in [6.07, 6.45) is 1.72. The van der Waals surface area contributed by atoms with Gasteiger partial charge in [0.05, 0.1) is 0 Å². The maximum Gasteiger partial charge on any atom is 0.190 e. The number of aromatic nitrogens is 3. The number of aryl methyl sites for hydroxylation is 1. The zero-order valence-electron chi connectivity index (χ0n) is 8.19. The minimum atomic E-state index is 0.250. The van der Waals surface area contributed by atoms with E-state index in [0.29, 0.717) is 0 Å². The molecule has 3 nitrogen and oxygen atoms in total. The van der Waals surface area contributed by atoms with Crippen LogP contribution in [0.25, 0.3) is 0 Å². The molecule has 5 heteroatoms. The highest BCUT2D eigenvalue weighted by Gasteiger charge is 2.17. The quantitative estimate of drug-likeness (QED) is 0.617. The van der Waals surface area contributed by atoms with Gasteiger partial charge < -0.3 is 4.57 Å². The molecule has 0 aliphatic carbocycles. The van der Waals surface area contributed by atoms with Crippen LogP contribution in [0.1, 0.15) is 13.8 Å². The minimum Gasteiger partial charge on any atom is -0.312 e. The fraction of sp³-hybridized carbons (Fsp3) is 0.750. The van der Waals surface area contributed by atoms with E-state index in [9.17, 15) is 0 Å². The van der Waals surface area contributed by atoms with Gasteiger partial charge in [-0.2, -0.15) is 12.6 Å². The fourth-order valence-corrected chi connectivity index (χ4v) is 1.95. The molecule has 0 unspecified atom stereocenters. The van der Waals surface area contributed by atoms with E-state index in [-0.39, 0.29) is 5.41 Å². The van der Waals surface area contributed by atoms with Crippen LogP contribution in [0.2, 0.25) is 0 Å². The lowest BCUT2D eigenvalue weighted by molar-refractivity contribution is 0.493. The molecule has 0 aliphatic rings. The van der Waals surface area contributed by atoms with Crippen LogP contribution in [0.15, 0.2) is 11.5 Å². The third kappa shape index (κ3) is 3.23. The molecule has 1 aromatic heterocycles. The summed E-state index contributed by atoms with van der Waals surface area (Å²) in [4.78, 5) is 0. The number of hydrogen-bond donors (Lipinski definition) is 1. The van der Waals surface area contributed by atoms with Crippen molar-refractivity contribution in [1.82, 2.24) is 14.8 Å². The van der Waals surface area contributed by atoms with Gasteiger partial charge in [0.2, 0.25) is 0 Å².